The molecule has 0 bridgehead atoms. The zero-order valence-corrected chi connectivity index (χ0v) is 15.6. The average Bonchev–Trinajstić information content (AvgIpc) is 2.68. The van der Waals surface area contributed by atoms with Gasteiger partial charge >= 0.3 is 5.69 Å². The highest BCUT2D eigenvalue weighted by Gasteiger charge is 2.06. The van der Waals surface area contributed by atoms with E-state index in [2.05, 4.69) is 26.0 Å². The molecule has 0 aliphatic rings. The van der Waals surface area contributed by atoms with Crippen molar-refractivity contribution in [2.75, 3.05) is 25.6 Å². The number of benzene rings is 1. The Kier molecular flexibility index (Phi) is 7.76. The van der Waals surface area contributed by atoms with E-state index in [1.54, 1.807) is 25.3 Å². The Morgan fingerprint density at radius 1 is 1.32 bits per heavy atom. The largest absolute Gasteiger partial charge is 0.493 e. The van der Waals surface area contributed by atoms with Gasteiger partial charge in [0.15, 0.2) is 11.5 Å². The number of aromatic nitrogens is 3. The van der Waals surface area contributed by atoms with Crippen LogP contribution in [0.15, 0.2) is 32.9 Å². The molecule has 11 heteroatoms. The monoisotopic (exact) mass is 390 g/mol. The van der Waals surface area contributed by atoms with Crippen molar-refractivity contribution in [2.45, 2.75) is 19.8 Å². The number of hydrogen-bond acceptors (Lipinski definition) is 8. The van der Waals surface area contributed by atoms with E-state index in [1.165, 1.54) is 6.21 Å². The van der Waals surface area contributed by atoms with E-state index in [0.717, 1.165) is 12.0 Å². The van der Waals surface area contributed by atoms with Crippen LogP contribution < -0.4 is 31.5 Å². The zero-order valence-electron chi connectivity index (χ0n) is 15.6. The molecule has 0 atom stereocenters. The molecule has 11 nitrogen and oxygen atoms in total. The molecule has 0 fully saturated rings. The van der Waals surface area contributed by atoms with Crippen LogP contribution in [0.25, 0.3) is 0 Å². The minimum absolute atomic E-state index is 0.0467. The third-order valence-corrected chi connectivity index (χ3v) is 3.41. The summed E-state index contributed by atoms with van der Waals surface area (Å²) in [7, 11) is 1.56. The highest BCUT2D eigenvalue weighted by molar-refractivity contribution is 5.83. The van der Waals surface area contributed by atoms with E-state index >= 15 is 0 Å². The number of nitrogens with zero attached hydrogens (tertiary/aromatic N) is 2. The molecule has 0 aliphatic carbocycles. The fourth-order valence-electron chi connectivity index (χ4n) is 2.10. The molecule has 0 saturated carbocycles. The molecule has 2 aromatic rings. The van der Waals surface area contributed by atoms with Gasteiger partial charge in [-0.1, -0.05) is 6.92 Å². The topological polar surface area (TPSA) is 151 Å². The summed E-state index contributed by atoms with van der Waals surface area (Å²) in [6.07, 6.45) is 2.40. The Hall–Kier alpha value is -3.63. The van der Waals surface area contributed by atoms with Gasteiger partial charge in [-0.2, -0.15) is 5.10 Å². The summed E-state index contributed by atoms with van der Waals surface area (Å²) < 4.78 is 10.9. The molecular weight excluding hydrogens is 368 g/mol. The summed E-state index contributed by atoms with van der Waals surface area (Å²) in [5, 5.41) is 12.2. The smallest absolute Gasteiger partial charge is 0.342 e. The number of amides is 1. The van der Waals surface area contributed by atoms with E-state index in [-0.39, 0.29) is 24.7 Å². The molecule has 150 valence electrons. The van der Waals surface area contributed by atoms with E-state index in [9.17, 15) is 14.4 Å². The first-order chi connectivity index (χ1) is 13.5. The molecule has 0 unspecified atom stereocenters. The molecule has 1 amide bonds. The number of methoxy groups -OCH3 is 1. The van der Waals surface area contributed by atoms with Crippen molar-refractivity contribution in [1.82, 2.24) is 20.6 Å². The van der Waals surface area contributed by atoms with E-state index < -0.39 is 11.2 Å². The van der Waals surface area contributed by atoms with Crippen LogP contribution in [0.2, 0.25) is 0 Å². The molecule has 0 aliphatic heterocycles. The number of rotatable bonds is 10. The van der Waals surface area contributed by atoms with E-state index in [4.69, 9.17) is 9.47 Å². The lowest BCUT2D eigenvalue weighted by atomic mass is 10.2. The molecule has 0 spiro atoms. The number of hydrogen-bond donors (Lipinski definition) is 4. The molecule has 28 heavy (non-hydrogen) atoms. The maximum atomic E-state index is 11.8. The van der Waals surface area contributed by atoms with Gasteiger partial charge in [0.1, 0.15) is 0 Å². The maximum Gasteiger partial charge on any atom is 0.342 e. The number of carbonyl (C=O) groups excluding carboxylic acids is 1. The van der Waals surface area contributed by atoms with Crippen molar-refractivity contribution >= 4 is 17.9 Å². The molecule has 1 aromatic heterocycles. The average molecular weight is 390 g/mol. The molecule has 4 N–H and O–H groups in total. The SMILES string of the molecule is CCCOc1cc(/C=N/NC(=O)CCNc2n[nH]c(=O)[nH]c2=O)ccc1OC. The molecule has 2 rings (SSSR count). The Labute approximate surface area is 160 Å². The van der Waals surface area contributed by atoms with E-state index in [0.29, 0.717) is 18.1 Å². The van der Waals surface area contributed by atoms with Gasteiger partial charge in [0.2, 0.25) is 11.7 Å². The molecule has 0 radical (unpaired) electrons. The first-order valence-electron chi connectivity index (χ1n) is 8.59. The maximum absolute atomic E-state index is 11.8. The van der Waals surface area contributed by atoms with Crippen LogP contribution in [-0.2, 0) is 4.79 Å². The van der Waals surface area contributed by atoms with Gasteiger partial charge in [0.05, 0.1) is 19.9 Å². The third-order valence-electron chi connectivity index (χ3n) is 3.41. The number of nitrogens with one attached hydrogen (secondary N) is 4. The van der Waals surface area contributed by atoms with Gasteiger partial charge in [-0.05, 0) is 30.2 Å². The summed E-state index contributed by atoms with van der Waals surface area (Å²) in [5.74, 6) is 0.781. The fourth-order valence-corrected chi connectivity index (χ4v) is 2.10. The van der Waals surface area contributed by atoms with Crippen LogP contribution >= 0.6 is 0 Å². The number of hydrazone groups is 1. The summed E-state index contributed by atoms with van der Waals surface area (Å²) in [4.78, 5) is 36.1. The first-order valence-corrected chi connectivity index (χ1v) is 8.59. The molecule has 0 saturated heterocycles. The highest BCUT2D eigenvalue weighted by Crippen LogP contribution is 2.27. The van der Waals surface area contributed by atoms with Gasteiger partial charge in [0.25, 0.3) is 5.56 Å². The molecule has 1 aromatic carbocycles. The number of aromatic amines is 2. The van der Waals surface area contributed by atoms with Gasteiger partial charge < -0.3 is 14.8 Å². The van der Waals surface area contributed by atoms with Crippen molar-refractivity contribution in [2.24, 2.45) is 5.10 Å². The van der Waals surface area contributed by atoms with Crippen molar-refractivity contribution in [3.8, 4) is 11.5 Å². The third kappa shape index (κ3) is 6.27. The predicted molar refractivity (Wildman–Crippen MR) is 103 cm³/mol. The quantitative estimate of drug-likeness (QED) is 0.334. The normalized spacial score (nSPS) is 10.6. The number of carbonyl (C=O) groups is 1. The zero-order chi connectivity index (χ0) is 20.4. The second-order valence-corrected chi connectivity index (χ2v) is 5.58. The summed E-state index contributed by atoms with van der Waals surface area (Å²) >= 11 is 0. The van der Waals surface area contributed by atoms with Gasteiger partial charge in [-0.3, -0.25) is 14.6 Å². The number of ether oxygens (including phenoxy) is 2. The van der Waals surface area contributed by atoms with Crippen LogP contribution in [0.3, 0.4) is 0 Å². The highest BCUT2D eigenvalue weighted by atomic mass is 16.5. The Morgan fingerprint density at radius 3 is 2.86 bits per heavy atom. The lowest BCUT2D eigenvalue weighted by Crippen LogP contribution is -2.28. The van der Waals surface area contributed by atoms with Crippen molar-refractivity contribution in [1.29, 1.82) is 0 Å². The van der Waals surface area contributed by atoms with Gasteiger partial charge in [-0.15, -0.1) is 5.10 Å². The fraction of sp³-hybridized carbons (Fsp3) is 0.353. The van der Waals surface area contributed by atoms with E-state index in [1.807, 2.05) is 11.9 Å². The van der Waals surface area contributed by atoms with Crippen LogP contribution in [-0.4, -0.2) is 47.6 Å². The van der Waals surface area contributed by atoms with Gasteiger partial charge in [0, 0.05) is 13.0 Å². The van der Waals surface area contributed by atoms with Crippen LogP contribution in [0.1, 0.15) is 25.3 Å². The minimum Gasteiger partial charge on any atom is -0.493 e. The molecule has 1 heterocycles. The van der Waals surface area contributed by atoms with Crippen molar-refractivity contribution in [3.05, 3.63) is 44.6 Å². The summed E-state index contributed by atoms with van der Waals surface area (Å²) in [5.41, 5.74) is 1.75. The lowest BCUT2D eigenvalue weighted by molar-refractivity contribution is -0.120. The second kappa shape index (κ2) is 10.5. The van der Waals surface area contributed by atoms with Crippen molar-refractivity contribution in [3.63, 3.8) is 0 Å². The van der Waals surface area contributed by atoms with Crippen LogP contribution in [0.4, 0.5) is 5.82 Å². The van der Waals surface area contributed by atoms with Crippen molar-refractivity contribution < 1.29 is 14.3 Å². The second-order valence-electron chi connectivity index (χ2n) is 5.58. The van der Waals surface area contributed by atoms with Gasteiger partial charge in [-0.25, -0.2) is 15.3 Å². The van der Waals surface area contributed by atoms with Crippen LogP contribution in [0, 0.1) is 0 Å². The Bertz CT molecular complexity index is 936. The minimum atomic E-state index is -0.704. The Morgan fingerprint density at radius 2 is 2.14 bits per heavy atom. The summed E-state index contributed by atoms with van der Waals surface area (Å²) in [6, 6.07) is 5.30. The number of H-pyrrole nitrogens is 2. The molecular formula is C17H22N6O5. The standard InChI is InChI=1S/C17H22N6O5/c1-3-8-28-13-9-11(4-5-12(13)27-2)10-19-21-14(24)6-7-18-15-16(25)20-17(26)23-22-15/h4-5,9-10H,3,6-8H2,1-2H3,(H,18,22)(H,21,24)(H2,20,23,25,26)/b19-10+. The predicted octanol–water partition coefficient (Wildman–Crippen LogP) is 0.208. The van der Waals surface area contributed by atoms with Crippen LogP contribution in [0.5, 0.6) is 11.5 Å². The first kappa shape index (κ1) is 20.7. The Balaban J connectivity index is 1.83. The lowest BCUT2D eigenvalue weighted by Gasteiger charge is -2.10. The summed E-state index contributed by atoms with van der Waals surface area (Å²) in [6.45, 7) is 2.71. The number of anilines is 1.